The third kappa shape index (κ3) is 5.57. The van der Waals surface area contributed by atoms with Crippen molar-refractivity contribution in [2.24, 2.45) is 5.92 Å². The molecule has 2 nitrogen and oxygen atoms in total. The summed E-state index contributed by atoms with van der Waals surface area (Å²) >= 11 is 0. The van der Waals surface area contributed by atoms with Crippen LogP contribution >= 0.6 is 0 Å². The van der Waals surface area contributed by atoms with Gasteiger partial charge in [-0.2, -0.15) is 13.2 Å². The molecule has 0 heterocycles. The zero-order valence-electron chi connectivity index (χ0n) is 11.7. The van der Waals surface area contributed by atoms with E-state index in [1.165, 1.54) is 12.8 Å². The Balaban J connectivity index is 2.48. The highest BCUT2D eigenvalue weighted by atomic mass is 19.4. The van der Waals surface area contributed by atoms with Crippen molar-refractivity contribution >= 4 is 0 Å². The van der Waals surface area contributed by atoms with Crippen LogP contribution in [-0.4, -0.2) is 42.3 Å². The molecule has 1 aliphatic carbocycles. The summed E-state index contributed by atoms with van der Waals surface area (Å²) in [4.78, 5) is 1.54. The van der Waals surface area contributed by atoms with Crippen molar-refractivity contribution in [1.29, 1.82) is 0 Å². The van der Waals surface area contributed by atoms with Gasteiger partial charge in [-0.25, -0.2) is 0 Å². The fourth-order valence-corrected chi connectivity index (χ4v) is 2.14. The standard InChI is InChI=1S/C13H25F3N2/c1-9(2)18(8-13(14,15)16)11(4)10(3)7-17-12-5-6-12/h9-12,17H,5-8H2,1-4H3. The lowest BCUT2D eigenvalue weighted by atomic mass is 10.0. The van der Waals surface area contributed by atoms with E-state index in [4.69, 9.17) is 0 Å². The molecule has 0 saturated heterocycles. The maximum Gasteiger partial charge on any atom is 0.401 e. The van der Waals surface area contributed by atoms with Gasteiger partial charge in [0.1, 0.15) is 0 Å². The molecular weight excluding hydrogens is 241 g/mol. The Morgan fingerprint density at radius 2 is 1.72 bits per heavy atom. The first kappa shape index (κ1) is 15.8. The molecule has 2 unspecified atom stereocenters. The van der Waals surface area contributed by atoms with E-state index in [-0.39, 0.29) is 18.0 Å². The van der Waals surface area contributed by atoms with E-state index in [1.54, 1.807) is 4.90 Å². The van der Waals surface area contributed by atoms with Crippen LogP contribution in [0.2, 0.25) is 0 Å². The Morgan fingerprint density at radius 1 is 1.17 bits per heavy atom. The van der Waals surface area contributed by atoms with Gasteiger partial charge in [-0.05, 0) is 46.1 Å². The summed E-state index contributed by atoms with van der Waals surface area (Å²) in [5.41, 5.74) is 0. The minimum atomic E-state index is -4.12. The second kappa shape index (κ2) is 6.24. The molecule has 1 rings (SSSR count). The molecule has 1 N–H and O–H groups in total. The average Bonchev–Trinajstić information content (AvgIpc) is 3.03. The van der Waals surface area contributed by atoms with E-state index in [2.05, 4.69) is 5.32 Å². The lowest BCUT2D eigenvalue weighted by Crippen LogP contribution is -2.49. The molecule has 0 aliphatic heterocycles. The Kier molecular flexibility index (Phi) is 5.46. The van der Waals surface area contributed by atoms with Crippen LogP contribution in [0.25, 0.3) is 0 Å². The molecule has 0 amide bonds. The number of halogens is 3. The fraction of sp³-hybridized carbons (Fsp3) is 1.00. The SMILES string of the molecule is CC(CNC1CC1)C(C)N(CC(F)(F)F)C(C)C. The Labute approximate surface area is 108 Å². The maximum absolute atomic E-state index is 12.6. The molecule has 108 valence electrons. The van der Waals surface area contributed by atoms with Crippen LogP contribution in [0.3, 0.4) is 0 Å². The van der Waals surface area contributed by atoms with Crippen LogP contribution in [0.15, 0.2) is 0 Å². The minimum Gasteiger partial charge on any atom is -0.314 e. The number of rotatable bonds is 7. The van der Waals surface area contributed by atoms with E-state index in [9.17, 15) is 13.2 Å². The molecule has 18 heavy (non-hydrogen) atoms. The van der Waals surface area contributed by atoms with Gasteiger partial charge < -0.3 is 5.32 Å². The van der Waals surface area contributed by atoms with Gasteiger partial charge in [-0.1, -0.05) is 6.92 Å². The highest BCUT2D eigenvalue weighted by molar-refractivity contribution is 4.84. The summed E-state index contributed by atoms with van der Waals surface area (Å²) in [6.45, 7) is 7.54. The van der Waals surface area contributed by atoms with Crippen molar-refractivity contribution in [3.8, 4) is 0 Å². The smallest absolute Gasteiger partial charge is 0.314 e. The highest BCUT2D eigenvalue weighted by Gasteiger charge is 2.35. The Bertz CT molecular complexity index is 249. The second-order valence-electron chi connectivity index (χ2n) is 5.78. The normalized spacial score (nSPS) is 20.5. The molecule has 2 atom stereocenters. The number of nitrogens with zero attached hydrogens (tertiary/aromatic N) is 1. The largest absolute Gasteiger partial charge is 0.401 e. The molecule has 0 spiro atoms. The van der Waals surface area contributed by atoms with Crippen LogP contribution in [0, 0.1) is 5.92 Å². The summed E-state index contributed by atoms with van der Waals surface area (Å²) in [7, 11) is 0. The fourth-order valence-electron chi connectivity index (χ4n) is 2.14. The molecule has 1 aliphatic rings. The van der Waals surface area contributed by atoms with E-state index >= 15 is 0 Å². The topological polar surface area (TPSA) is 15.3 Å². The molecule has 0 bridgehead atoms. The molecular formula is C13H25F3N2. The summed E-state index contributed by atoms with van der Waals surface area (Å²) < 4.78 is 37.7. The van der Waals surface area contributed by atoms with Crippen LogP contribution in [0.1, 0.15) is 40.5 Å². The second-order valence-corrected chi connectivity index (χ2v) is 5.78. The lowest BCUT2D eigenvalue weighted by Gasteiger charge is -2.36. The van der Waals surface area contributed by atoms with Crippen molar-refractivity contribution in [2.75, 3.05) is 13.1 Å². The molecule has 0 aromatic heterocycles. The predicted molar refractivity (Wildman–Crippen MR) is 67.5 cm³/mol. The number of alkyl halides is 3. The van der Waals surface area contributed by atoms with Crippen LogP contribution < -0.4 is 5.32 Å². The number of hydrogen-bond acceptors (Lipinski definition) is 2. The molecule has 5 heteroatoms. The van der Waals surface area contributed by atoms with Crippen LogP contribution in [0.5, 0.6) is 0 Å². The van der Waals surface area contributed by atoms with Gasteiger partial charge in [0.15, 0.2) is 0 Å². The molecule has 1 saturated carbocycles. The summed E-state index contributed by atoms with van der Waals surface area (Å²) in [5.74, 6) is 0.218. The van der Waals surface area contributed by atoms with Gasteiger partial charge >= 0.3 is 6.18 Å². The first-order valence-electron chi connectivity index (χ1n) is 6.76. The monoisotopic (exact) mass is 266 g/mol. The average molecular weight is 266 g/mol. The van der Waals surface area contributed by atoms with Crippen molar-refractivity contribution in [2.45, 2.75) is 64.8 Å². The Hall–Kier alpha value is -0.290. The van der Waals surface area contributed by atoms with Crippen LogP contribution in [-0.2, 0) is 0 Å². The van der Waals surface area contributed by atoms with Gasteiger partial charge in [-0.3, -0.25) is 4.90 Å². The summed E-state index contributed by atoms with van der Waals surface area (Å²) in [6.07, 6.45) is -1.71. The maximum atomic E-state index is 12.6. The van der Waals surface area contributed by atoms with Crippen LogP contribution in [0.4, 0.5) is 13.2 Å². The molecule has 0 aromatic carbocycles. The molecule has 1 fully saturated rings. The van der Waals surface area contributed by atoms with Crippen molar-refractivity contribution < 1.29 is 13.2 Å². The zero-order valence-corrected chi connectivity index (χ0v) is 11.7. The zero-order chi connectivity index (χ0) is 13.9. The number of nitrogens with one attached hydrogen (secondary N) is 1. The van der Waals surface area contributed by atoms with Gasteiger partial charge in [0, 0.05) is 18.1 Å². The minimum absolute atomic E-state index is 0.0714. The first-order valence-corrected chi connectivity index (χ1v) is 6.76. The van der Waals surface area contributed by atoms with Gasteiger partial charge in [0.05, 0.1) is 6.54 Å². The van der Waals surface area contributed by atoms with E-state index in [0.717, 1.165) is 6.54 Å². The van der Waals surface area contributed by atoms with E-state index < -0.39 is 12.7 Å². The predicted octanol–water partition coefficient (Wildman–Crippen LogP) is 3.04. The molecule has 0 aromatic rings. The molecule has 0 radical (unpaired) electrons. The van der Waals surface area contributed by atoms with Crippen molar-refractivity contribution in [3.63, 3.8) is 0 Å². The number of hydrogen-bond donors (Lipinski definition) is 1. The van der Waals surface area contributed by atoms with Crippen molar-refractivity contribution in [1.82, 2.24) is 10.2 Å². The summed E-state index contributed by atoms with van der Waals surface area (Å²) in [5, 5.41) is 3.39. The third-order valence-electron chi connectivity index (χ3n) is 3.68. The van der Waals surface area contributed by atoms with E-state index in [1.807, 2.05) is 27.7 Å². The lowest BCUT2D eigenvalue weighted by molar-refractivity contribution is -0.156. The third-order valence-corrected chi connectivity index (χ3v) is 3.68. The van der Waals surface area contributed by atoms with Crippen molar-refractivity contribution in [3.05, 3.63) is 0 Å². The van der Waals surface area contributed by atoms with E-state index in [0.29, 0.717) is 6.04 Å². The quantitative estimate of drug-likeness (QED) is 0.762. The van der Waals surface area contributed by atoms with Gasteiger partial charge in [0.25, 0.3) is 0 Å². The van der Waals surface area contributed by atoms with Gasteiger partial charge in [0.2, 0.25) is 0 Å². The first-order chi connectivity index (χ1) is 8.20. The Morgan fingerprint density at radius 3 is 2.11 bits per heavy atom. The summed E-state index contributed by atoms with van der Waals surface area (Å²) in [6, 6.07) is 0.442. The highest BCUT2D eigenvalue weighted by Crippen LogP contribution is 2.23. The van der Waals surface area contributed by atoms with Gasteiger partial charge in [-0.15, -0.1) is 0 Å².